The average molecular weight is 363 g/mol. The van der Waals surface area contributed by atoms with Crippen molar-refractivity contribution in [3.05, 3.63) is 53.3 Å². The Morgan fingerprint density at radius 2 is 2.11 bits per heavy atom. The van der Waals surface area contributed by atoms with E-state index in [1.54, 1.807) is 7.11 Å². The number of nitrogens with one attached hydrogen (secondary N) is 1. The molecule has 3 N–H and O–H groups in total. The number of methoxy groups -OCH3 is 1. The molecular weight excluding hydrogens is 338 g/mol. The van der Waals surface area contributed by atoms with E-state index in [0.717, 1.165) is 41.1 Å². The van der Waals surface area contributed by atoms with E-state index >= 15 is 0 Å². The summed E-state index contributed by atoms with van der Waals surface area (Å²) >= 11 is 0. The first-order valence-corrected chi connectivity index (χ1v) is 9.33. The topological polar surface area (TPSA) is 77.5 Å². The van der Waals surface area contributed by atoms with Crippen LogP contribution < -0.4 is 15.8 Å². The van der Waals surface area contributed by atoms with Crippen LogP contribution >= 0.6 is 0 Å². The van der Waals surface area contributed by atoms with Crippen molar-refractivity contribution in [3.63, 3.8) is 0 Å². The maximum Gasteiger partial charge on any atom is 0.193 e. The molecule has 6 heteroatoms. The van der Waals surface area contributed by atoms with Crippen molar-refractivity contribution in [2.24, 2.45) is 17.8 Å². The molecule has 0 spiro atoms. The zero-order valence-electron chi connectivity index (χ0n) is 15.8. The molecule has 0 saturated heterocycles. The van der Waals surface area contributed by atoms with E-state index < -0.39 is 0 Å². The molecule has 3 aromatic rings. The van der Waals surface area contributed by atoms with Gasteiger partial charge in [0.2, 0.25) is 0 Å². The first kappa shape index (κ1) is 17.4. The van der Waals surface area contributed by atoms with Crippen LogP contribution in [0.15, 0.2) is 41.4 Å². The highest BCUT2D eigenvalue weighted by Gasteiger charge is 2.13. The minimum absolute atomic E-state index is 0.415. The third kappa shape index (κ3) is 3.47. The molecule has 1 aliphatic rings. The van der Waals surface area contributed by atoms with E-state index in [9.17, 15) is 0 Å². The van der Waals surface area contributed by atoms with Gasteiger partial charge in [-0.05, 0) is 55.0 Å². The first-order chi connectivity index (χ1) is 13.2. The zero-order chi connectivity index (χ0) is 18.8. The summed E-state index contributed by atoms with van der Waals surface area (Å²) in [5.74, 6) is 2.07. The smallest absolute Gasteiger partial charge is 0.193 e. The molecule has 1 aromatic heterocycles. The third-order valence-corrected chi connectivity index (χ3v) is 5.23. The highest BCUT2D eigenvalue weighted by atomic mass is 16.5. The van der Waals surface area contributed by atoms with Gasteiger partial charge >= 0.3 is 0 Å². The number of guanidine groups is 1. The number of aryl methyl sites for hydroxylation is 2. The molecule has 140 valence electrons. The summed E-state index contributed by atoms with van der Waals surface area (Å²) in [5.41, 5.74) is 12.0. The molecule has 0 bridgehead atoms. The van der Waals surface area contributed by atoms with Crippen molar-refractivity contribution < 1.29 is 4.74 Å². The van der Waals surface area contributed by atoms with Crippen molar-refractivity contribution in [1.82, 2.24) is 9.55 Å². The Kier molecular flexibility index (Phi) is 4.71. The van der Waals surface area contributed by atoms with Gasteiger partial charge in [0, 0.05) is 18.8 Å². The van der Waals surface area contributed by atoms with Crippen LogP contribution in [0.4, 0.5) is 5.69 Å². The first-order valence-electron chi connectivity index (χ1n) is 9.33. The van der Waals surface area contributed by atoms with Crippen LogP contribution in [0.1, 0.15) is 29.8 Å². The largest absolute Gasteiger partial charge is 0.497 e. The molecule has 6 nitrogen and oxygen atoms in total. The number of rotatable bonds is 4. The van der Waals surface area contributed by atoms with Gasteiger partial charge in [0.05, 0.1) is 18.1 Å². The van der Waals surface area contributed by atoms with Crippen LogP contribution in [0.5, 0.6) is 5.75 Å². The second-order valence-electron chi connectivity index (χ2n) is 6.92. The monoisotopic (exact) mass is 363 g/mol. The quantitative estimate of drug-likeness (QED) is 0.550. The summed E-state index contributed by atoms with van der Waals surface area (Å²) in [5, 5.41) is 3.28. The minimum Gasteiger partial charge on any atom is -0.497 e. The van der Waals surface area contributed by atoms with Gasteiger partial charge in [-0.2, -0.15) is 0 Å². The lowest BCUT2D eigenvalue weighted by molar-refractivity contribution is 0.415. The normalized spacial score (nSPS) is 14.2. The lowest BCUT2D eigenvalue weighted by Gasteiger charge is -2.19. The van der Waals surface area contributed by atoms with E-state index in [1.807, 2.05) is 29.8 Å². The summed E-state index contributed by atoms with van der Waals surface area (Å²) in [4.78, 5) is 9.17. The minimum atomic E-state index is 0.415. The average Bonchev–Trinajstić information content (AvgIpc) is 3.01. The fraction of sp³-hybridized carbons (Fsp3) is 0.333. The van der Waals surface area contributed by atoms with Crippen LogP contribution in [0.2, 0.25) is 0 Å². The summed E-state index contributed by atoms with van der Waals surface area (Å²) < 4.78 is 7.31. The van der Waals surface area contributed by atoms with Gasteiger partial charge in [0.15, 0.2) is 5.96 Å². The number of ether oxygens (including phenoxy) is 1. The van der Waals surface area contributed by atoms with Gasteiger partial charge in [-0.15, -0.1) is 0 Å². The Morgan fingerprint density at radius 3 is 2.96 bits per heavy atom. The van der Waals surface area contributed by atoms with E-state index in [4.69, 9.17) is 10.5 Å². The lowest BCUT2D eigenvalue weighted by Crippen LogP contribution is -2.24. The number of anilines is 1. The molecule has 1 heterocycles. The Labute approximate surface area is 159 Å². The number of imidazole rings is 1. The fourth-order valence-corrected chi connectivity index (χ4v) is 3.73. The maximum absolute atomic E-state index is 6.16. The molecule has 0 aliphatic heterocycles. The van der Waals surface area contributed by atoms with Gasteiger partial charge in [0.1, 0.15) is 18.1 Å². The van der Waals surface area contributed by atoms with Gasteiger partial charge < -0.3 is 20.4 Å². The molecule has 0 atom stereocenters. The molecule has 0 unspecified atom stereocenters. The van der Waals surface area contributed by atoms with Crippen LogP contribution in [0.25, 0.3) is 11.0 Å². The van der Waals surface area contributed by atoms with Gasteiger partial charge in [-0.25, -0.2) is 9.98 Å². The fourth-order valence-electron chi connectivity index (χ4n) is 3.73. The summed E-state index contributed by atoms with van der Waals surface area (Å²) in [6, 6.07) is 12.2. The van der Waals surface area contributed by atoms with Crippen LogP contribution in [0.3, 0.4) is 0 Å². The predicted octanol–water partition coefficient (Wildman–Crippen LogP) is 3.39. The van der Waals surface area contributed by atoms with Crippen LogP contribution in [0, 0.1) is 0 Å². The van der Waals surface area contributed by atoms with Crippen molar-refractivity contribution >= 4 is 22.7 Å². The molecule has 4 rings (SSSR count). The molecular formula is C21H25N5O. The Balaban J connectivity index is 1.53. The number of hydrogen-bond acceptors (Lipinski definition) is 3. The van der Waals surface area contributed by atoms with Crippen molar-refractivity contribution in [2.75, 3.05) is 12.4 Å². The third-order valence-electron chi connectivity index (χ3n) is 5.23. The molecule has 0 saturated carbocycles. The van der Waals surface area contributed by atoms with Crippen molar-refractivity contribution in [2.45, 2.75) is 32.2 Å². The number of nitrogens with two attached hydrogens (primary N) is 1. The SMILES string of the molecule is COc1ccc2c(c1)nc(CN=C(N)Nc1cccc3c1CCCC3)n2C. The highest BCUT2D eigenvalue weighted by Crippen LogP contribution is 2.27. The Bertz CT molecular complexity index is 1010. The molecule has 1 aliphatic carbocycles. The standard InChI is InChI=1S/C21H25N5O/c1-26-19-11-10-15(27-2)12-18(19)24-20(26)13-23-21(22)25-17-9-5-7-14-6-3-4-8-16(14)17/h5,7,9-12H,3-4,6,8,13H2,1-2H3,(H3,22,23,25). The van der Waals surface area contributed by atoms with Gasteiger partial charge in [0.25, 0.3) is 0 Å². The Morgan fingerprint density at radius 1 is 1.26 bits per heavy atom. The summed E-state index contributed by atoms with van der Waals surface area (Å²) in [7, 11) is 3.65. The number of aromatic nitrogens is 2. The lowest BCUT2D eigenvalue weighted by atomic mass is 9.90. The van der Waals surface area contributed by atoms with Crippen LogP contribution in [-0.4, -0.2) is 22.6 Å². The molecule has 27 heavy (non-hydrogen) atoms. The number of aliphatic imine (C=N–C) groups is 1. The molecule has 2 aromatic carbocycles. The van der Waals surface area contributed by atoms with Gasteiger partial charge in [-0.1, -0.05) is 12.1 Å². The van der Waals surface area contributed by atoms with Gasteiger partial charge in [-0.3, -0.25) is 0 Å². The number of benzene rings is 2. The maximum atomic E-state index is 6.16. The second-order valence-corrected chi connectivity index (χ2v) is 6.92. The zero-order valence-corrected chi connectivity index (χ0v) is 15.8. The molecule has 0 amide bonds. The summed E-state index contributed by atoms with van der Waals surface area (Å²) in [6.45, 7) is 0.418. The number of hydrogen-bond donors (Lipinski definition) is 2. The Hall–Kier alpha value is -3.02. The van der Waals surface area contributed by atoms with E-state index in [2.05, 4.69) is 33.5 Å². The van der Waals surface area contributed by atoms with Crippen LogP contribution in [-0.2, 0) is 26.4 Å². The van der Waals surface area contributed by atoms with Crippen molar-refractivity contribution in [1.29, 1.82) is 0 Å². The number of nitrogens with zero attached hydrogens (tertiary/aromatic N) is 3. The summed E-state index contributed by atoms with van der Waals surface area (Å²) in [6.07, 6.45) is 4.73. The van der Waals surface area contributed by atoms with Crippen molar-refractivity contribution in [3.8, 4) is 5.75 Å². The second kappa shape index (κ2) is 7.31. The predicted molar refractivity (Wildman–Crippen MR) is 109 cm³/mol. The molecule has 0 radical (unpaired) electrons. The molecule has 0 fully saturated rings. The number of fused-ring (bicyclic) bond motifs is 2. The van der Waals surface area contributed by atoms with E-state index in [1.165, 1.54) is 24.0 Å². The van der Waals surface area contributed by atoms with E-state index in [0.29, 0.717) is 12.5 Å². The highest BCUT2D eigenvalue weighted by molar-refractivity contribution is 5.93. The van der Waals surface area contributed by atoms with E-state index in [-0.39, 0.29) is 0 Å².